The van der Waals surface area contributed by atoms with Crippen molar-refractivity contribution in [3.63, 3.8) is 0 Å². The van der Waals surface area contributed by atoms with Gasteiger partial charge in [0.2, 0.25) is 0 Å². The van der Waals surface area contributed by atoms with Gasteiger partial charge in [0.05, 0.1) is 24.2 Å². The van der Waals surface area contributed by atoms with Crippen molar-refractivity contribution in [3.05, 3.63) is 42.2 Å². The summed E-state index contributed by atoms with van der Waals surface area (Å²) >= 11 is 0. The second-order valence-electron chi connectivity index (χ2n) is 6.62. The van der Waals surface area contributed by atoms with Gasteiger partial charge in [0.15, 0.2) is 11.5 Å². The van der Waals surface area contributed by atoms with Gasteiger partial charge in [0.1, 0.15) is 43.2 Å². The molecular formula is C21H24N2O5. The van der Waals surface area contributed by atoms with Crippen LogP contribution in [-0.2, 0) is 6.54 Å². The molecule has 0 spiro atoms. The van der Waals surface area contributed by atoms with E-state index in [1.54, 1.807) is 0 Å². The first-order valence-electron chi connectivity index (χ1n) is 9.44. The first-order chi connectivity index (χ1) is 13.6. The SMILES string of the molecule is CCOc1ccc(OC[C@H](O)Cn2c(C)nc3cc4c(cc32)OCCO4)cc1. The molecule has 1 aliphatic rings. The number of fused-ring (bicyclic) bond motifs is 2. The highest BCUT2D eigenvalue weighted by molar-refractivity contribution is 5.80. The van der Waals surface area contributed by atoms with Crippen molar-refractivity contribution in [1.29, 1.82) is 0 Å². The lowest BCUT2D eigenvalue weighted by Gasteiger charge is -2.19. The lowest BCUT2D eigenvalue weighted by Crippen LogP contribution is -2.24. The largest absolute Gasteiger partial charge is 0.494 e. The van der Waals surface area contributed by atoms with Crippen LogP contribution in [0.3, 0.4) is 0 Å². The quantitative estimate of drug-likeness (QED) is 0.675. The van der Waals surface area contributed by atoms with Gasteiger partial charge in [0, 0.05) is 12.1 Å². The molecule has 1 aromatic heterocycles. The van der Waals surface area contributed by atoms with Crippen LogP contribution in [-0.4, -0.2) is 47.2 Å². The minimum absolute atomic E-state index is 0.178. The average Bonchev–Trinajstić information content (AvgIpc) is 3.00. The number of rotatable bonds is 7. The first-order valence-corrected chi connectivity index (χ1v) is 9.44. The summed E-state index contributed by atoms with van der Waals surface area (Å²) in [6.07, 6.45) is -0.684. The molecule has 2 aromatic carbocycles. The molecule has 1 aliphatic heterocycles. The Bertz CT molecular complexity index is 952. The number of ether oxygens (including phenoxy) is 4. The number of aromatic nitrogens is 2. The molecule has 0 saturated carbocycles. The number of hydrogen-bond donors (Lipinski definition) is 1. The molecule has 7 heteroatoms. The molecule has 0 radical (unpaired) electrons. The van der Waals surface area contributed by atoms with Crippen LogP contribution in [0.1, 0.15) is 12.7 Å². The summed E-state index contributed by atoms with van der Waals surface area (Å²) in [6.45, 7) is 6.11. The van der Waals surface area contributed by atoms with E-state index in [1.807, 2.05) is 54.8 Å². The van der Waals surface area contributed by atoms with Gasteiger partial charge in [-0.05, 0) is 38.1 Å². The summed E-state index contributed by atoms with van der Waals surface area (Å²) in [6, 6.07) is 11.2. The van der Waals surface area contributed by atoms with Crippen LogP contribution < -0.4 is 18.9 Å². The molecule has 28 heavy (non-hydrogen) atoms. The van der Waals surface area contributed by atoms with Crippen molar-refractivity contribution in [2.75, 3.05) is 26.4 Å². The monoisotopic (exact) mass is 384 g/mol. The zero-order chi connectivity index (χ0) is 19.5. The summed E-state index contributed by atoms with van der Waals surface area (Å²) in [7, 11) is 0. The molecule has 1 atom stereocenters. The number of benzene rings is 2. The maximum atomic E-state index is 10.5. The van der Waals surface area contributed by atoms with Gasteiger partial charge in [-0.25, -0.2) is 4.98 Å². The van der Waals surface area contributed by atoms with Crippen LogP contribution in [0.15, 0.2) is 36.4 Å². The average molecular weight is 384 g/mol. The predicted molar refractivity (Wildman–Crippen MR) is 105 cm³/mol. The zero-order valence-electron chi connectivity index (χ0n) is 16.1. The number of nitrogens with zero attached hydrogens (tertiary/aromatic N) is 2. The fraction of sp³-hybridized carbons (Fsp3) is 0.381. The second kappa shape index (κ2) is 7.98. The van der Waals surface area contributed by atoms with Crippen LogP contribution in [0.5, 0.6) is 23.0 Å². The molecule has 4 rings (SSSR count). The van der Waals surface area contributed by atoms with Crippen molar-refractivity contribution in [2.45, 2.75) is 26.5 Å². The molecule has 3 aromatic rings. The van der Waals surface area contributed by atoms with Gasteiger partial charge in [-0.2, -0.15) is 0 Å². The summed E-state index contributed by atoms with van der Waals surface area (Å²) in [5, 5.41) is 10.5. The molecule has 0 unspecified atom stereocenters. The molecule has 1 N–H and O–H groups in total. The van der Waals surface area contributed by atoms with Gasteiger partial charge in [0.25, 0.3) is 0 Å². The van der Waals surface area contributed by atoms with Gasteiger partial charge < -0.3 is 28.6 Å². The molecule has 0 amide bonds. The maximum absolute atomic E-state index is 10.5. The van der Waals surface area contributed by atoms with E-state index >= 15 is 0 Å². The standard InChI is InChI=1S/C21H24N2O5/c1-3-25-16-4-6-17(7-5-16)28-13-15(24)12-23-14(2)22-18-10-20-21(11-19(18)23)27-9-8-26-20/h4-7,10-11,15,24H,3,8-9,12-13H2,1-2H3/t15-/m1/s1. The summed E-state index contributed by atoms with van der Waals surface area (Å²) in [4.78, 5) is 4.58. The Morgan fingerprint density at radius 2 is 1.71 bits per heavy atom. The minimum atomic E-state index is -0.684. The molecule has 0 bridgehead atoms. The highest BCUT2D eigenvalue weighted by atomic mass is 16.6. The maximum Gasteiger partial charge on any atom is 0.163 e. The second-order valence-corrected chi connectivity index (χ2v) is 6.62. The molecule has 0 saturated heterocycles. The molecular weight excluding hydrogens is 360 g/mol. The van der Waals surface area contributed by atoms with Crippen LogP contribution in [0.2, 0.25) is 0 Å². The van der Waals surface area contributed by atoms with Crippen molar-refractivity contribution in [3.8, 4) is 23.0 Å². The normalized spacial score (nSPS) is 14.1. The topological polar surface area (TPSA) is 75.0 Å². The number of aliphatic hydroxyl groups excluding tert-OH is 1. The first kappa shape index (κ1) is 18.4. The number of aliphatic hydroxyl groups is 1. The molecule has 148 valence electrons. The van der Waals surface area contributed by atoms with Crippen LogP contribution in [0, 0.1) is 6.92 Å². The zero-order valence-corrected chi connectivity index (χ0v) is 16.1. The summed E-state index contributed by atoms with van der Waals surface area (Å²) in [5.74, 6) is 3.72. The van der Waals surface area contributed by atoms with E-state index in [0.717, 1.165) is 22.6 Å². The van der Waals surface area contributed by atoms with Gasteiger partial charge in [-0.15, -0.1) is 0 Å². The fourth-order valence-corrected chi connectivity index (χ4v) is 3.27. The van der Waals surface area contributed by atoms with E-state index in [-0.39, 0.29) is 6.61 Å². The number of aryl methyl sites for hydroxylation is 1. The summed E-state index contributed by atoms with van der Waals surface area (Å²) in [5.41, 5.74) is 1.73. The molecule has 0 aliphatic carbocycles. The van der Waals surface area contributed by atoms with E-state index in [9.17, 15) is 5.11 Å². The van der Waals surface area contributed by atoms with Crippen molar-refractivity contribution < 1.29 is 24.1 Å². The lowest BCUT2D eigenvalue weighted by atomic mass is 10.2. The highest BCUT2D eigenvalue weighted by Crippen LogP contribution is 2.34. The van der Waals surface area contributed by atoms with Crippen molar-refractivity contribution in [2.24, 2.45) is 0 Å². The molecule has 7 nitrogen and oxygen atoms in total. The third kappa shape index (κ3) is 3.84. The smallest absolute Gasteiger partial charge is 0.163 e. The van der Waals surface area contributed by atoms with E-state index in [0.29, 0.717) is 43.6 Å². The Kier molecular flexibility index (Phi) is 5.25. The highest BCUT2D eigenvalue weighted by Gasteiger charge is 2.18. The van der Waals surface area contributed by atoms with Crippen LogP contribution >= 0.6 is 0 Å². The molecule has 2 heterocycles. The fourth-order valence-electron chi connectivity index (χ4n) is 3.27. The number of imidazole rings is 1. The summed E-state index contributed by atoms with van der Waals surface area (Å²) < 4.78 is 24.4. The van der Waals surface area contributed by atoms with Gasteiger partial charge >= 0.3 is 0 Å². The van der Waals surface area contributed by atoms with Gasteiger partial charge in [-0.1, -0.05) is 0 Å². The Morgan fingerprint density at radius 1 is 1.07 bits per heavy atom. The third-order valence-electron chi connectivity index (χ3n) is 4.57. The van der Waals surface area contributed by atoms with Crippen molar-refractivity contribution in [1.82, 2.24) is 9.55 Å². The minimum Gasteiger partial charge on any atom is -0.494 e. The Balaban J connectivity index is 1.44. The Labute approximate surface area is 163 Å². The predicted octanol–water partition coefficient (Wildman–Crippen LogP) is 2.95. The van der Waals surface area contributed by atoms with E-state index < -0.39 is 6.10 Å². The number of hydrogen-bond acceptors (Lipinski definition) is 6. The Hall–Kier alpha value is -2.93. The Morgan fingerprint density at radius 3 is 2.39 bits per heavy atom. The third-order valence-corrected chi connectivity index (χ3v) is 4.57. The lowest BCUT2D eigenvalue weighted by molar-refractivity contribution is 0.0929. The molecule has 0 fully saturated rings. The van der Waals surface area contributed by atoms with E-state index in [2.05, 4.69) is 4.98 Å². The van der Waals surface area contributed by atoms with E-state index in [1.165, 1.54) is 0 Å². The van der Waals surface area contributed by atoms with Crippen LogP contribution in [0.4, 0.5) is 0 Å². The van der Waals surface area contributed by atoms with Crippen molar-refractivity contribution >= 4 is 11.0 Å². The van der Waals surface area contributed by atoms with Gasteiger partial charge in [-0.3, -0.25) is 0 Å². The van der Waals surface area contributed by atoms with E-state index in [4.69, 9.17) is 18.9 Å². The van der Waals surface area contributed by atoms with Crippen LogP contribution in [0.25, 0.3) is 11.0 Å².